The second-order valence-electron chi connectivity index (χ2n) is 2.48. The Kier molecular flexibility index (Phi) is 3.88. The Labute approximate surface area is 76.5 Å². The van der Waals surface area contributed by atoms with Crippen LogP contribution in [0.15, 0.2) is 24.3 Å². The topological polar surface area (TPSA) is 12.0 Å². The van der Waals surface area contributed by atoms with Crippen LogP contribution < -0.4 is 5.32 Å². The van der Waals surface area contributed by atoms with Crippen molar-refractivity contribution in [1.82, 2.24) is 0 Å². The Morgan fingerprint density at radius 2 is 2.25 bits per heavy atom. The molecule has 0 saturated carbocycles. The van der Waals surface area contributed by atoms with E-state index in [9.17, 15) is 4.39 Å². The van der Waals surface area contributed by atoms with Gasteiger partial charge in [0.1, 0.15) is 5.82 Å². The van der Waals surface area contributed by atoms with Gasteiger partial charge < -0.3 is 5.32 Å². The molecule has 12 heavy (non-hydrogen) atoms. The fourth-order valence-electron chi connectivity index (χ4n) is 0.898. The van der Waals surface area contributed by atoms with Crippen molar-refractivity contribution in [2.24, 2.45) is 0 Å². The summed E-state index contributed by atoms with van der Waals surface area (Å²) in [6, 6.07) is 6.40. The molecule has 0 radical (unpaired) electrons. The van der Waals surface area contributed by atoms with Crippen LogP contribution in [0.5, 0.6) is 0 Å². The molecule has 66 valence electrons. The maximum absolute atomic E-state index is 12.6. The lowest BCUT2D eigenvalue weighted by atomic mass is 10.3. The van der Waals surface area contributed by atoms with Crippen LogP contribution in [-0.4, -0.2) is 12.4 Å². The number of hydrogen-bond donors (Lipinski definition) is 1. The van der Waals surface area contributed by atoms with Gasteiger partial charge in [-0.05, 0) is 24.6 Å². The number of nitrogens with one attached hydrogen (secondary N) is 1. The van der Waals surface area contributed by atoms with Crippen LogP contribution >= 0.6 is 11.6 Å². The normalized spacial score (nSPS) is 9.83. The Morgan fingerprint density at radius 3 is 2.92 bits per heavy atom. The minimum Gasteiger partial charge on any atom is -0.385 e. The lowest BCUT2D eigenvalue weighted by Gasteiger charge is -2.03. The summed E-state index contributed by atoms with van der Waals surface area (Å²) >= 11 is 5.48. The molecule has 1 N–H and O–H groups in total. The number of alkyl halides is 1. The number of anilines is 1. The van der Waals surface area contributed by atoms with E-state index in [1.54, 1.807) is 6.07 Å². The SMILES string of the molecule is Fc1cccc(NCCCCl)c1. The lowest BCUT2D eigenvalue weighted by Crippen LogP contribution is -2.01. The van der Waals surface area contributed by atoms with Gasteiger partial charge in [-0.2, -0.15) is 0 Å². The first kappa shape index (κ1) is 9.33. The summed E-state index contributed by atoms with van der Waals surface area (Å²) in [6.45, 7) is 0.785. The third kappa shape index (κ3) is 3.09. The van der Waals surface area contributed by atoms with Crippen molar-refractivity contribution in [2.45, 2.75) is 6.42 Å². The van der Waals surface area contributed by atoms with Gasteiger partial charge in [0.25, 0.3) is 0 Å². The lowest BCUT2D eigenvalue weighted by molar-refractivity contribution is 0.628. The van der Waals surface area contributed by atoms with Gasteiger partial charge in [0.15, 0.2) is 0 Å². The van der Waals surface area contributed by atoms with Gasteiger partial charge in [-0.15, -0.1) is 11.6 Å². The molecule has 1 aromatic carbocycles. The van der Waals surface area contributed by atoms with E-state index in [4.69, 9.17) is 11.6 Å². The van der Waals surface area contributed by atoms with Crippen LogP contribution in [0, 0.1) is 5.82 Å². The standard InChI is InChI=1S/C9H11ClFN/c10-5-2-6-12-9-4-1-3-8(11)7-9/h1,3-4,7,12H,2,5-6H2. The zero-order chi connectivity index (χ0) is 8.81. The second-order valence-corrected chi connectivity index (χ2v) is 2.86. The summed E-state index contributed by atoms with van der Waals surface area (Å²) in [4.78, 5) is 0. The third-order valence-electron chi connectivity index (χ3n) is 1.46. The van der Waals surface area contributed by atoms with Gasteiger partial charge in [-0.3, -0.25) is 0 Å². The molecule has 0 unspecified atom stereocenters. The highest BCUT2D eigenvalue weighted by Crippen LogP contribution is 2.08. The fourth-order valence-corrected chi connectivity index (χ4v) is 1.03. The summed E-state index contributed by atoms with van der Waals surface area (Å²) < 4.78 is 12.6. The highest BCUT2D eigenvalue weighted by atomic mass is 35.5. The van der Waals surface area contributed by atoms with E-state index in [1.165, 1.54) is 12.1 Å². The maximum Gasteiger partial charge on any atom is 0.125 e. The monoisotopic (exact) mass is 187 g/mol. The third-order valence-corrected chi connectivity index (χ3v) is 1.73. The molecular weight excluding hydrogens is 177 g/mol. The molecule has 0 heterocycles. The minimum atomic E-state index is -0.217. The molecule has 0 aromatic heterocycles. The molecule has 0 amide bonds. The maximum atomic E-state index is 12.6. The number of hydrogen-bond acceptors (Lipinski definition) is 1. The number of halogens is 2. The fraction of sp³-hybridized carbons (Fsp3) is 0.333. The molecule has 1 aromatic rings. The van der Waals surface area contributed by atoms with Crippen molar-refractivity contribution in [3.05, 3.63) is 30.1 Å². The van der Waals surface area contributed by atoms with Crippen LogP contribution in [0.25, 0.3) is 0 Å². The first-order valence-electron chi connectivity index (χ1n) is 3.88. The van der Waals surface area contributed by atoms with Crippen LogP contribution in [0.2, 0.25) is 0 Å². The minimum absolute atomic E-state index is 0.217. The van der Waals surface area contributed by atoms with E-state index in [-0.39, 0.29) is 5.82 Å². The quantitative estimate of drug-likeness (QED) is 0.565. The molecule has 0 aliphatic heterocycles. The van der Waals surface area contributed by atoms with Gasteiger partial charge in [0.2, 0.25) is 0 Å². The molecule has 0 bridgehead atoms. The summed E-state index contributed by atoms with van der Waals surface area (Å²) in [5, 5.41) is 3.06. The van der Waals surface area contributed by atoms with Crippen molar-refractivity contribution in [1.29, 1.82) is 0 Å². The van der Waals surface area contributed by atoms with E-state index in [0.717, 1.165) is 18.7 Å². The molecule has 0 atom stereocenters. The van der Waals surface area contributed by atoms with Gasteiger partial charge >= 0.3 is 0 Å². The Hall–Kier alpha value is -0.760. The smallest absolute Gasteiger partial charge is 0.125 e. The summed E-state index contributed by atoms with van der Waals surface area (Å²) in [7, 11) is 0. The summed E-state index contributed by atoms with van der Waals surface area (Å²) in [5.74, 6) is 0.411. The number of rotatable bonds is 4. The molecular formula is C9H11ClFN. The molecule has 0 aliphatic carbocycles. The largest absolute Gasteiger partial charge is 0.385 e. The van der Waals surface area contributed by atoms with E-state index in [2.05, 4.69) is 5.32 Å². The summed E-state index contributed by atoms with van der Waals surface area (Å²) in [6.07, 6.45) is 0.887. The van der Waals surface area contributed by atoms with Crippen molar-refractivity contribution in [3.63, 3.8) is 0 Å². The molecule has 0 spiro atoms. The van der Waals surface area contributed by atoms with Crippen LogP contribution in [0.3, 0.4) is 0 Å². The predicted octanol–water partition coefficient (Wildman–Crippen LogP) is 2.87. The van der Waals surface area contributed by atoms with Crippen molar-refractivity contribution >= 4 is 17.3 Å². The van der Waals surface area contributed by atoms with Gasteiger partial charge in [-0.25, -0.2) is 4.39 Å². The average molecular weight is 188 g/mol. The summed E-state index contributed by atoms with van der Waals surface area (Å²) in [5.41, 5.74) is 0.806. The van der Waals surface area contributed by atoms with E-state index >= 15 is 0 Å². The molecule has 0 aliphatic rings. The van der Waals surface area contributed by atoms with Crippen LogP contribution in [0.1, 0.15) is 6.42 Å². The van der Waals surface area contributed by atoms with Crippen LogP contribution in [0.4, 0.5) is 10.1 Å². The molecule has 3 heteroatoms. The van der Waals surface area contributed by atoms with E-state index < -0.39 is 0 Å². The van der Waals surface area contributed by atoms with Gasteiger partial charge in [0.05, 0.1) is 0 Å². The van der Waals surface area contributed by atoms with Crippen molar-refractivity contribution in [3.8, 4) is 0 Å². The highest BCUT2D eigenvalue weighted by Gasteiger charge is 1.92. The Balaban J connectivity index is 2.41. The van der Waals surface area contributed by atoms with Crippen LogP contribution in [-0.2, 0) is 0 Å². The first-order valence-corrected chi connectivity index (χ1v) is 4.42. The zero-order valence-electron chi connectivity index (χ0n) is 6.69. The van der Waals surface area contributed by atoms with Gasteiger partial charge in [0, 0.05) is 18.1 Å². The van der Waals surface area contributed by atoms with E-state index in [1.807, 2.05) is 6.07 Å². The molecule has 1 rings (SSSR count). The second kappa shape index (κ2) is 4.99. The van der Waals surface area contributed by atoms with Crippen molar-refractivity contribution < 1.29 is 4.39 Å². The Bertz CT molecular complexity index is 240. The molecule has 0 saturated heterocycles. The van der Waals surface area contributed by atoms with Crippen molar-refractivity contribution in [2.75, 3.05) is 17.7 Å². The zero-order valence-corrected chi connectivity index (χ0v) is 7.44. The van der Waals surface area contributed by atoms with E-state index in [0.29, 0.717) is 5.88 Å². The first-order chi connectivity index (χ1) is 5.83. The highest BCUT2D eigenvalue weighted by molar-refractivity contribution is 6.17. The molecule has 0 fully saturated rings. The Morgan fingerprint density at radius 1 is 1.42 bits per heavy atom. The predicted molar refractivity (Wildman–Crippen MR) is 50.2 cm³/mol. The average Bonchev–Trinajstić information content (AvgIpc) is 2.05. The number of benzene rings is 1. The van der Waals surface area contributed by atoms with Gasteiger partial charge in [-0.1, -0.05) is 6.07 Å². The molecule has 1 nitrogen and oxygen atoms in total.